The van der Waals surface area contributed by atoms with E-state index in [2.05, 4.69) is 10.3 Å². The fraction of sp³-hybridized carbons (Fsp3) is 0.273. The molecule has 1 aromatic heterocycles. The van der Waals surface area contributed by atoms with Crippen molar-refractivity contribution >= 4 is 23.2 Å². The molecule has 1 unspecified atom stereocenters. The second-order valence-electron chi connectivity index (χ2n) is 3.67. The number of nitrogens with zero attached hydrogens (tertiary/aromatic N) is 3. The molecule has 0 saturated heterocycles. The van der Waals surface area contributed by atoms with Gasteiger partial charge in [0.05, 0.1) is 23.1 Å². The van der Waals surface area contributed by atoms with Gasteiger partial charge in [-0.05, 0) is 18.6 Å². The molecular formula is C11H10Cl2FN3. The fourth-order valence-electron chi connectivity index (χ4n) is 1.42. The lowest BCUT2D eigenvalue weighted by molar-refractivity contribution is 0.614. The molecule has 0 N–H and O–H groups in total. The molecule has 1 aromatic carbocycles. The predicted molar refractivity (Wildman–Crippen MR) is 64.8 cm³/mol. The first kappa shape index (κ1) is 12.3. The van der Waals surface area contributed by atoms with Gasteiger partial charge in [0.15, 0.2) is 0 Å². The Kier molecular flexibility index (Phi) is 3.64. The Labute approximate surface area is 108 Å². The maximum Gasteiger partial charge on any atom is 0.142 e. The van der Waals surface area contributed by atoms with Gasteiger partial charge in [-0.2, -0.15) is 0 Å². The Morgan fingerprint density at radius 2 is 2.24 bits per heavy atom. The Hall–Kier alpha value is -1.13. The molecular weight excluding hydrogens is 264 g/mol. The highest BCUT2D eigenvalue weighted by molar-refractivity contribution is 6.31. The maximum atomic E-state index is 13.2. The van der Waals surface area contributed by atoms with Gasteiger partial charge in [0.25, 0.3) is 0 Å². The van der Waals surface area contributed by atoms with E-state index >= 15 is 0 Å². The molecule has 2 rings (SSSR count). The largest absolute Gasteiger partial charge is 0.248 e. The van der Waals surface area contributed by atoms with E-state index in [0.717, 1.165) is 0 Å². The van der Waals surface area contributed by atoms with Gasteiger partial charge in [-0.1, -0.05) is 28.9 Å². The normalized spacial score (nSPS) is 12.7. The summed E-state index contributed by atoms with van der Waals surface area (Å²) in [6, 6.07) is 4.68. The second kappa shape index (κ2) is 5.02. The molecule has 17 heavy (non-hydrogen) atoms. The van der Waals surface area contributed by atoms with E-state index in [1.165, 1.54) is 6.07 Å². The van der Waals surface area contributed by atoms with Gasteiger partial charge in [-0.25, -0.2) is 9.07 Å². The van der Waals surface area contributed by atoms with Crippen LogP contribution in [0.2, 0.25) is 5.02 Å². The molecule has 2 aromatic rings. The number of hydrogen-bond donors (Lipinski definition) is 0. The second-order valence-corrected chi connectivity index (χ2v) is 4.70. The Bertz CT molecular complexity index is 525. The third kappa shape index (κ3) is 2.76. The van der Waals surface area contributed by atoms with Gasteiger partial charge >= 0.3 is 0 Å². The van der Waals surface area contributed by atoms with Crippen molar-refractivity contribution in [2.24, 2.45) is 0 Å². The summed E-state index contributed by atoms with van der Waals surface area (Å²) >= 11 is 11.7. The third-order valence-corrected chi connectivity index (χ3v) is 2.97. The average molecular weight is 274 g/mol. The summed E-state index contributed by atoms with van der Waals surface area (Å²) in [6.45, 7) is 2.18. The van der Waals surface area contributed by atoms with Gasteiger partial charge in [0, 0.05) is 0 Å². The molecule has 0 spiro atoms. The van der Waals surface area contributed by atoms with Gasteiger partial charge in [0.2, 0.25) is 0 Å². The van der Waals surface area contributed by atoms with Gasteiger partial charge < -0.3 is 0 Å². The highest BCUT2D eigenvalue weighted by atomic mass is 35.5. The molecule has 0 bridgehead atoms. The summed E-state index contributed by atoms with van der Waals surface area (Å²) in [5.41, 5.74) is 1.34. The number of aromatic nitrogens is 3. The van der Waals surface area contributed by atoms with E-state index in [4.69, 9.17) is 23.2 Å². The molecule has 0 saturated carbocycles. The van der Waals surface area contributed by atoms with Crippen molar-refractivity contribution < 1.29 is 4.39 Å². The molecule has 0 aliphatic rings. The Morgan fingerprint density at radius 3 is 2.88 bits per heavy atom. The molecule has 0 aliphatic carbocycles. The summed E-state index contributed by atoms with van der Waals surface area (Å²) in [4.78, 5) is 0. The molecule has 0 amide bonds. The predicted octanol–water partition coefficient (Wildman–Crippen LogP) is 3.42. The maximum absolute atomic E-state index is 13.2. The first-order valence-corrected chi connectivity index (χ1v) is 5.86. The van der Waals surface area contributed by atoms with E-state index in [-0.39, 0.29) is 10.4 Å². The van der Waals surface area contributed by atoms with Crippen molar-refractivity contribution in [2.75, 3.05) is 0 Å². The van der Waals surface area contributed by atoms with E-state index in [1.54, 1.807) is 23.0 Å². The van der Waals surface area contributed by atoms with E-state index in [1.807, 2.05) is 6.92 Å². The van der Waals surface area contributed by atoms with Crippen molar-refractivity contribution in [3.8, 4) is 0 Å². The van der Waals surface area contributed by atoms with Crippen LogP contribution in [-0.2, 0) is 6.54 Å². The number of hydrogen-bond acceptors (Lipinski definition) is 2. The minimum absolute atomic E-state index is 0.114. The van der Waals surface area contributed by atoms with Crippen LogP contribution in [0.5, 0.6) is 0 Å². The molecule has 1 heterocycles. The van der Waals surface area contributed by atoms with E-state index in [9.17, 15) is 4.39 Å². The monoisotopic (exact) mass is 273 g/mol. The molecule has 0 radical (unpaired) electrons. The molecule has 0 fully saturated rings. The lowest BCUT2D eigenvalue weighted by atomic mass is 10.2. The molecule has 1 atom stereocenters. The number of alkyl halides is 1. The number of rotatable bonds is 3. The van der Waals surface area contributed by atoms with Crippen LogP contribution in [0.4, 0.5) is 4.39 Å². The molecule has 0 aliphatic heterocycles. The first-order valence-electron chi connectivity index (χ1n) is 5.05. The van der Waals surface area contributed by atoms with Gasteiger partial charge in [-0.15, -0.1) is 16.7 Å². The van der Waals surface area contributed by atoms with E-state index in [0.29, 0.717) is 17.8 Å². The van der Waals surface area contributed by atoms with Gasteiger partial charge in [-0.3, -0.25) is 0 Å². The molecule has 6 heteroatoms. The highest BCUT2D eigenvalue weighted by Gasteiger charge is 2.09. The Morgan fingerprint density at radius 1 is 1.47 bits per heavy atom. The first-order chi connectivity index (χ1) is 8.08. The summed E-state index contributed by atoms with van der Waals surface area (Å²) in [5.74, 6) is -0.435. The summed E-state index contributed by atoms with van der Waals surface area (Å²) < 4.78 is 14.8. The van der Waals surface area contributed by atoms with Crippen LogP contribution in [0.25, 0.3) is 0 Å². The minimum atomic E-state index is -0.435. The molecule has 3 nitrogen and oxygen atoms in total. The molecule has 90 valence electrons. The van der Waals surface area contributed by atoms with Crippen LogP contribution in [0, 0.1) is 5.82 Å². The standard InChI is InChI=1S/C11H10Cl2FN3/c1-7(12)10-6-17(16-15-10)5-8-3-2-4-9(14)11(8)13/h2-4,6-7H,5H2,1H3. The van der Waals surface area contributed by atoms with Crippen LogP contribution in [0.15, 0.2) is 24.4 Å². The van der Waals surface area contributed by atoms with Crippen molar-refractivity contribution in [1.82, 2.24) is 15.0 Å². The zero-order valence-electron chi connectivity index (χ0n) is 9.07. The average Bonchev–Trinajstić information content (AvgIpc) is 2.73. The highest BCUT2D eigenvalue weighted by Crippen LogP contribution is 2.21. The lowest BCUT2D eigenvalue weighted by Gasteiger charge is -2.04. The van der Waals surface area contributed by atoms with Crippen molar-refractivity contribution in [2.45, 2.75) is 18.8 Å². The van der Waals surface area contributed by atoms with Crippen LogP contribution < -0.4 is 0 Å². The van der Waals surface area contributed by atoms with Crippen LogP contribution in [0.1, 0.15) is 23.6 Å². The van der Waals surface area contributed by atoms with Crippen molar-refractivity contribution in [3.05, 3.63) is 46.5 Å². The number of benzene rings is 1. The van der Waals surface area contributed by atoms with Crippen molar-refractivity contribution in [3.63, 3.8) is 0 Å². The quantitative estimate of drug-likeness (QED) is 0.803. The zero-order valence-corrected chi connectivity index (χ0v) is 10.6. The fourth-order valence-corrected chi connectivity index (χ4v) is 1.70. The summed E-state index contributed by atoms with van der Waals surface area (Å²) in [5, 5.41) is 7.72. The summed E-state index contributed by atoms with van der Waals surface area (Å²) in [7, 11) is 0. The third-order valence-electron chi connectivity index (χ3n) is 2.33. The van der Waals surface area contributed by atoms with Crippen LogP contribution in [0.3, 0.4) is 0 Å². The van der Waals surface area contributed by atoms with Crippen molar-refractivity contribution in [1.29, 1.82) is 0 Å². The summed E-state index contributed by atoms with van der Waals surface area (Å²) in [6.07, 6.45) is 1.72. The smallest absolute Gasteiger partial charge is 0.142 e. The van der Waals surface area contributed by atoms with E-state index < -0.39 is 5.82 Å². The zero-order chi connectivity index (χ0) is 12.4. The minimum Gasteiger partial charge on any atom is -0.248 e. The Balaban J connectivity index is 2.22. The lowest BCUT2D eigenvalue weighted by Crippen LogP contribution is -2.01. The van der Waals surface area contributed by atoms with Crippen LogP contribution in [-0.4, -0.2) is 15.0 Å². The number of halogens is 3. The van der Waals surface area contributed by atoms with Gasteiger partial charge in [0.1, 0.15) is 11.5 Å². The topological polar surface area (TPSA) is 30.7 Å². The van der Waals surface area contributed by atoms with Crippen LogP contribution >= 0.6 is 23.2 Å². The SMILES string of the molecule is CC(Cl)c1cn(Cc2cccc(F)c2Cl)nn1.